The van der Waals surface area contributed by atoms with Crippen LogP contribution in [0.3, 0.4) is 0 Å². The molecule has 0 amide bonds. The molecule has 3 rings (SSSR count). The lowest BCUT2D eigenvalue weighted by Crippen LogP contribution is -2.39. The van der Waals surface area contributed by atoms with E-state index in [0.29, 0.717) is 12.8 Å². The number of piperidine rings is 1. The van der Waals surface area contributed by atoms with Gasteiger partial charge in [0.2, 0.25) is 0 Å². The lowest BCUT2D eigenvalue weighted by molar-refractivity contribution is -0.143. The lowest BCUT2D eigenvalue weighted by atomic mass is 9.91. The van der Waals surface area contributed by atoms with Gasteiger partial charge < -0.3 is 9.84 Å². The summed E-state index contributed by atoms with van der Waals surface area (Å²) in [7, 11) is 1.70. The average Bonchev–Trinajstić information content (AvgIpc) is 2.69. The minimum absolute atomic E-state index is 0.0665. The predicted molar refractivity (Wildman–Crippen MR) is 105 cm³/mol. The molecule has 2 aromatic rings. The van der Waals surface area contributed by atoms with Gasteiger partial charge in [-0.25, -0.2) is 0 Å². The van der Waals surface area contributed by atoms with E-state index in [1.807, 2.05) is 18.2 Å². The van der Waals surface area contributed by atoms with E-state index in [9.17, 15) is 9.90 Å². The Labute approximate surface area is 159 Å². The number of thioether (sulfide) groups is 1. The highest BCUT2D eigenvalue weighted by molar-refractivity contribution is 7.98. The molecule has 1 heterocycles. The van der Waals surface area contributed by atoms with Crippen LogP contribution in [0.25, 0.3) is 0 Å². The Balaban J connectivity index is 1.95. The largest absolute Gasteiger partial charge is 0.496 e. The van der Waals surface area contributed by atoms with Crippen LogP contribution in [0.1, 0.15) is 30.0 Å². The molecule has 138 valence electrons. The number of hydrogen-bond acceptors (Lipinski definition) is 4. The fourth-order valence-electron chi connectivity index (χ4n) is 3.67. The first-order valence-electron chi connectivity index (χ1n) is 8.87. The molecule has 0 bridgehead atoms. The van der Waals surface area contributed by atoms with Crippen molar-refractivity contribution < 1.29 is 14.6 Å². The maximum atomic E-state index is 11.3. The molecular weight excluding hydrogens is 346 g/mol. The van der Waals surface area contributed by atoms with Crippen LogP contribution in [0, 0.1) is 5.92 Å². The van der Waals surface area contributed by atoms with Crippen molar-refractivity contribution in [2.75, 3.05) is 26.5 Å². The van der Waals surface area contributed by atoms with E-state index in [1.54, 1.807) is 18.9 Å². The Kier molecular flexibility index (Phi) is 6.22. The van der Waals surface area contributed by atoms with Gasteiger partial charge in [-0.05, 0) is 55.9 Å². The molecular formula is C21H25NO3S. The van der Waals surface area contributed by atoms with Gasteiger partial charge in [0, 0.05) is 10.5 Å². The lowest BCUT2D eigenvalue weighted by Gasteiger charge is -2.37. The molecule has 1 aliphatic rings. The fraction of sp³-hybridized carbons (Fsp3) is 0.381. The summed E-state index contributed by atoms with van der Waals surface area (Å²) < 4.78 is 5.62. The summed E-state index contributed by atoms with van der Waals surface area (Å²) in [5, 5.41) is 9.30. The third-order valence-electron chi connectivity index (χ3n) is 5.11. The fourth-order valence-corrected chi connectivity index (χ4v) is 4.08. The first-order chi connectivity index (χ1) is 12.6. The van der Waals surface area contributed by atoms with E-state index < -0.39 is 5.97 Å². The molecule has 1 atom stereocenters. The number of benzene rings is 2. The van der Waals surface area contributed by atoms with Crippen molar-refractivity contribution >= 4 is 17.7 Å². The number of aliphatic carboxylic acids is 1. The summed E-state index contributed by atoms with van der Waals surface area (Å²) in [6, 6.07) is 16.8. The molecule has 1 N–H and O–H groups in total. The minimum Gasteiger partial charge on any atom is -0.496 e. The van der Waals surface area contributed by atoms with E-state index in [0.717, 1.165) is 24.4 Å². The zero-order valence-corrected chi connectivity index (χ0v) is 16.0. The highest BCUT2D eigenvalue weighted by Gasteiger charge is 2.31. The third-order valence-corrected chi connectivity index (χ3v) is 5.85. The molecule has 0 radical (unpaired) electrons. The molecule has 1 unspecified atom stereocenters. The molecule has 1 fully saturated rings. The van der Waals surface area contributed by atoms with Gasteiger partial charge in [-0.2, -0.15) is 0 Å². The second-order valence-electron chi connectivity index (χ2n) is 6.57. The van der Waals surface area contributed by atoms with Crippen molar-refractivity contribution in [2.45, 2.75) is 23.8 Å². The Hall–Kier alpha value is -1.98. The molecule has 1 saturated heterocycles. The molecule has 5 heteroatoms. The monoisotopic (exact) mass is 371 g/mol. The van der Waals surface area contributed by atoms with Crippen LogP contribution in [0.4, 0.5) is 0 Å². The molecule has 26 heavy (non-hydrogen) atoms. The zero-order valence-electron chi connectivity index (χ0n) is 15.2. The number of methoxy groups -OCH3 is 1. The zero-order chi connectivity index (χ0) is 18.5. The smallest absolute Gasteiger partial charge is 0.306 e. The van der Waals surface area contributed by atoms with Crippen molar-refractivity contribution in [1.29, 1.82) is 0 Å². The van der Waals surface area contributed by atoms with E-state index in [-0.39, 0.29) is 12.0 Å². The normalized spacial score (nSPS) is 17.0. The number of likely N-dealkylation sites (tertiary alicyclic amines) is 1. The number of hydrogen-bond donors (Lipinski definition) is 1. The quantitative estimate of drug-likeness (QED) is 0.767. The maximum Gasteiger partial charge on any atom is 0.306 e. The van der Waals surface area contributed by atoms with Crippen molar-refractivity contribution in [1.82, 2.24) is 4.90 Å². The molecule has 4 nitrogen and oxygen atoms in total. The van der Waals surface area contributed by atoms with Crippen LogP contribution in [-0.2, 0) is 4.79 Å². The topological polar surface area (TPSA) is 49.8 Å². The third kappa shape index (κ3) is 4.05. The summed E-state index contributed by atoms with van der Waals surface area (Å²) in [5.74, 6) is -0.0435. The van der Waals surface area contributed by atoms with Crippen molar-refractivity contribution in [2.24, 2.45) is 5.92 Å². The van der Waals surface area contributed by atoms with E-state index in [4.69, 9.17) is 4.74 Å². The van der Waals surface area contributed by atoms with E-state index in [1.165, 1.54) is 10.5 Å². The van der Waals surface area contributed by atoms with Crippen LogP contribution >= 0.6 is 11.8 Å². The van der Waals surface area contributed by atoms with Crippen molar-refractivity contribution in [3.63, 3.8) is 0 Å². The van der Waals surface area contributed by atoms with Gasteiger partial charge in [0.05, 0.1) is 19.1 Å². The van der Waals surface area contributed by atoms with Crippen molar-refractivity contribution in [3.8, 4) is 5.75 Å². The molecule has 2 aromatic carbocycles. The standard InChI is InChI=1S/C21H25NO3S/c1-25-19-6-4-3-5-18(19)20(15-7-9-17(26-2)10-8-15)22-13-11-16(12-14-22)21(23)24/h3-10,16,20H,11-14H2,1-2H3,(H,23,24). The van der Waals surface area contributed by atoms with Crippen molar-refractivity contribution in [3.05, 3.63) is 59.7 Å². The molecule has 0 aromatic heterocycles. The number of carboxylic acid groups (broad SMARTS) is 1. The SMILES string of the molecule is COc1ccccc1C(c1ccc(SC)cc1)N1CCC(C(=O)O)CC1. The predicted octanol–water partition coefficient (Wildman–Crippen LogP) is 4.30. The molecule has 0 spiro atoms. The Morgan fingerprint density at radius 3 is 2.38 bits per heavy atom. The Morgan fingerprint density at radius 1 is 1.15 bits per heavy atom. The summed E-state index contributed by atoms with van der Waals surface area (Å²) in [5.41, 5.74) is 2.33. The van der Waals surface area contributed by atoms with E-state index >= 15 is 0 Å². The molecule has 0 aliphatic carbocycles. The molecule has 1 aliphatic heterocycles. The number of para-hydroxylation sites is 1. The summed E-state index contributed by atoms with van der Waals surface area (Å²) in [6.45, 7) is 1.54. The first-order valence-corrected chi connectivity index (χ1v) is 10.1. The average molecular weight is 372 g/mol. The first kappa shape index (κ1) is 18.8. The van der Waals surface area contributed by atoms with Gasteiger partial charge in [-0.1, -0.05) is 30.3 Å². The van der Waals surface area contributed by atoms with E-state index in [2.05, 4.69) is 41.5 Å². The highest BCUT2D eigenvalue weighted by Crippen LogP contribution is 2.37. The second-order valence-corrected chi connectivity index (χ2v) is 7.45. The number of nitrogens with zero attached hydrogens (tertiary/aromatic N) is 1. The number of carbonyl (C=O) groups is 1. The van der Waals surface area contributed by atoms with Crippen LogP contribution in [0.15, 0.2) is 53.4 Å². The second kappa shape index (κ2) is 8.60. The number of ether oxygens (including phenoxy) is 1. The van der Waals surface area contributed by atoms with Gasteiger partial charge in [0.15, 0.2) is 0 Å². The number of rotatable bonds is 6. The van der Waals surface area contributed by atoms with Gasteiger partial charge in [0.25, 0.3) is 0 Å². The Bertz CT molecular complexity index is 739. The molecule has 0 saturated carbocycles. The summed E-state index contributed by atoms with van der Waals surface area (Å²) in [6.07, 6.45) is 3.44. The maximum absolute atomic E-state index is 11.3. The summed E-state index contributed by atoms with van der Waals surface area (Å²) in [4.78, 5) is 14.9. The Morgan fingerprint density at radius 2 is 1.81 bits per heavy atom. The van der Waals surface area contributed by atoms with Crippen LogP contribution in [0.5, 0.6) is 5.75 Å². The highest BCUT2D eigenvalue weighted by atomic mass is 32.2. The minimum atomic E-state index is -0.678. The van der Waals surface area contributed by atoms with Gasteiger partial charge in [0.1, 0.15) is 5.75 Å². The number of carboxylic acids is 1. The van der Waals surface area contributed by atoms with Gasteiger partial charge >= 0.3 is 5.97 Å². The van der Waals surface area contributed by atoms with Gasteiger partial charge in [-0.3, -0.25) is 9.69 Å². The van der Waals surface area contributed by atoms with Crippen LogP contribution in [0.2, 0.25) is 0 Å². The van der Waals surface area contributed by atoms with Crippen LogP contribution < -0.4 is 4.74 Å². The van der Waals surface area contributed by atoms with Crippen LogP contribution in [-0.4, -0.2) is 42.4 Å². The van der Waals surface area contributed by atoms with Gasteiger partial charge in [-0.15, -0.1) is 11.8 Å². The summed E-state index contributed by atoms with van der Waals surface area (Å²) >= 11 is 1.73.